The molecule has 152 valence electrons. The van der Waals surface area contributed by atoms with Crippen LogP contribution in [0, 0.1) is 12.8 Å². The first-order valence-corrected chi connectivity index (χ1v) is 11.0. The third kappa shape index (κ3) is 4.70. The van der Waals surface area contributed by atoms with Crippen molar-refractivity contribution in [1.82, 2.24) is 25.5 Å². The Morgan fingerprint density at radius 1 is 1.21 bits per heavy atom. The summed E-state index contributed by atoms with van der Waals surface area (Å²) in [5.41, 5.74) is 2.23. The molecule has 0 unspecified atom stereocenters. The van der Waals surface area contributed by atoms with Gasteiger partial charge < -0.3 is 9.73 Å². The average Bonchev–Trinajstić information content (AvgIpc) is 3.43. The Bertz CT molecular complexity index is 958. The number of aromatic nitrogens is 4. The summed E-state index contributed by atoms with van der Waals surface area (Å²) in [6.07, 6.45) is 8.37. The lowest BCUT2D eigenvalue weighted by atomic mass is 9.82. The summed E-state index contributed by atoms with van der Waals surface area (Å²) in [6.45, 7) is 4.71. The largest absolute Gasteiger partial charge is 0.419 e. The van der Waals surface area contributed by atoms with Gasteiger partial charge in [-0.3, -0.25) is 9.78 Å². The Balaban J connectivity index is 1.27. The van der Waals surface area contributed by atoms with Crippen LogP contribution in [-0.4, -0.2) is 32.6 Å². The molecule has 8 heteroatoms. The van der Waals surface area contributed by atoms with E-state index in [1.807, 2.05) is 18.4 Å². The van der Waals surface area contributed by atoms with E-state index in [9.17, 15) is 4.79 Å². The zero-order chi connectivity index (χ0) is 20.2. The van der Waals surface area contributed by atoms with Crippen LogP contribution < -0.4 is 5.32 Å². The van der Waals surface area contributed by atoms with Crippen molar-refractivity contribution >= 4 is 17.2 Å². The monoisotopic (exact) mass is 411 g/mol. The van der Waals surface area contributed by atoms with Gasteiger partial charge in [-0.25, -0.2) is 4.98 Å². The van der Waals surface area contributed by atoms with Crippen LogP contribution in [0.25, 0.3) is 11.6 Å². The first-order valence-electron chi connectivity index (χ1n) is 10.1. The first kappa shape index (κ1) is 19.7. The molecule has 1 fully saturated rings. The van der Waals surface area contributed by atoms with E-state index in [0.29, 0.717) is 23.4 Å². The van der Waals surface area contributed by atoms with Gasteiger partial charge in [0.15, 0.2) is 0 Å². The van der Waals surface area contributed by atoms with Crippen molar-refractivity contribution < 1.29 is 9.21 Å². The molecule has 0 saturated heterocycles. The smallest absolute Gasteiger partial charge is 0.267 e. The lowest BCUT2D eigenvalue weighted by Crippen LogP contribution is -2.30. The molecule has 1 saturated carbocycles. The van der Waals surface area contributed by atoms with E-state index in [4.69, 9.17) is 4.42 Å². The van der Waals surface area contributed by atoms with Crippen molar-refractivity contribution in [3.63, 3.8) is 0 Å². The quantitative estimate of drug-likeness (QED) is 0.654. The molecule has 0 radical (unpaired) electrons. The summed E-state index contributed by atoms with van der Waals surface area (Å²) < 4.78 is 5.86. The van der Waals surface area contributed by atoms with E-state index in [-0.39, 0.29) is 11.8 Å². The van der Waals surface area contributed by atoms with Crippen LogP contribution in [0.15, 0.2) is 28.3 Å². The van der Waals surface area contributed by atoms with Crippen molar-refractivity contribution in [1.29, 1.82) is 0 Å². The van der Waals surface area contributed by atoms with E-state index in [1.165, 1.54) is 4.88 Å². The van der Waals surface area contributed by atoms with Crippen LogP contribution in [0.1, 0.15) is 65.3 Å². The molecular formula is C21H25N5O2S. The molecule has 1 aliphatic rings. The van der Waals surface area contributed by atoms with E-state index in [1.54, 1.807) is 23.7 Å². The Labute approximate surface area is 174 Å². The topological polar surface area (TPSA) is 93.8 Å². The molecular weight excluding hydrogens is 386 g/mol. The highest BCUT2D eigenvalue weighted by molar-refractivity contribution is 7.10. The highest BCUT2D eigenvalue weighted by atomic mass is 32.1. The highest BCUT2D eigenvalue weighted by Gasteiger charge is 2.27. The normalized spacial score (nSPS) is 19.2. The molecule has 3 aromatic rings. The summed E-state index contributed by atoms with van der Waals surface area (Å²) >= 11 is 1.65. The number of aryl methyl sites for hydroxylation is 2. The molecule has 1 N–H and O–H groups in total. The fourth-order valence-electron chi connectivity index (χ4n) is 3.64. The SMILES string of the molecule is CCc1cc(C(=O)NCC2CCC(c3nnc(-c4cnc(C)cn4)o3)CC2)cs1. The fourth-order valence-corrected chi connectivity index (χ4v) is 4.46. The van der Waals surface area contributed by atoms with Gasteiger partial charge >= 0.3 is 0 Å². The lowest BCUT2D eigenvalue weighted by molar-refractivity contribution is 0.0942. The second-order valence-electron chi connectivity index (χ2n) is 7.57. The molecule has 0 aliphatic heterocycles. The molecule has 3 aromatic heterocycles. The molecule has 4 rings (SSSR count). The maximum absolute atomic E-state index is 12.3. The number of amides is 1. The number of hydrogen-bond acceptors (Lipinski definition) is 7. The number of rotatable bonds is 6. The van der Waals surface area contributed by atoms with Crippen molar-refractivity contribution in [3.8, 4) is 11.6 Å². The van der Waals surface area contributed by atoms with Gasteiger partial charge in [-0.2, -0.15) is 0 Å². The molecule has 0 atom stereocenters. The van der Waals surface area contributed by atoms with E-state index >= 15 is 0 Å². The first-order chi connectivity index (χ1) is 14.1. The molecule has 0 bridgehead atoms. The van der Waals surface area contributed by atoms with Gasteiger partial charge in [0.1, 0.15) is 5.69 Å². The van der Waals surface area contributed by atoms with Gasteiger partial charge in [0, 0.05) is 28.9 Å². The van der Waals surface area contributed by atoms with Crippen molar-refractivity contribution in [2.75, 3.05) is 6.54 Å². The maximum Gasteiger partial charge on any atom is 0.267 e. The zero-order valence-corrected chi connectivity index (χ0v) is 17.5. The van der Waals surface area contributed by atoms with E-state index in [0.717, 1.165) is 49.9 Å². The molecule has 0 spiro atoms. The third-order valence-electron chi connectivity index (χ3n) is 5.45. The van der Waals surface area contributed by atoms with E-state index in [2.05, 4.69) is 32.4 Å². The van der Waals surface area contributed by atoms with Gasteiger partial charge in [0.25, 0.3) is 11.8 Å². The predicted octanol–water partition coefficient (Wildman–Crippen LogP) is 4.16. The van der Waals surface area contributed by atoms with Crippen LogP contribution in [0.2, 0.25) is 0 Å². The van der Waals surface area contributed by atoms with Crippen LogP contribution >= 0.6 is 11.3 Å². The highest BCUT2D eigenvalue weighted by Crippen LogP contribution is 2.35. The Morgan fingerprint density at radius 2 is 2.03 bits per heavy atom. The number of carbonyl (C=O) groups is 1. The standard InChI is InChI=1S/C21H25N5O2S/c1-3-17-8-16(12-29-17)19(27)24-10-14-4-6-15(7-5-14)20-25-26-21(28-20)18-11-22-13(2)9-23-18/h8-9,11-12,14-15H,3-7,10H2,1-2H3,(H,24,27). The summed E-state index contributed by atoms with van der Waals surface area (Å²) in [4.78, 5) is 22.1. The second-order valence-corrected chi connectivity index (χ2v) is 8.57. The van der Waals surface area contributed by atoms with Crippen LogP contribution in [0.4, 0.5) is 0 Å². The van der Waals surface area contributed by atoms with Crippen LogP contribution in [0.5, 0.6) is 0 Å². The van der Waals surface area contributed by atoms with Gasteiger partial charge in [0.2, 0.25) is 5.89 Å². The minimum atomic E-state index is 0.0313. The summed E-state index contributed by atoms with van der Waals surface area (Å²) in [5.74, 6) is 1.89. The molecule has 29 heavy (non-hydrogen) atoms. The maximum atomic E-state index is 12.3. The molecule has 1 aliphatic carbocycles. The van der Waals surface area contributed by atoms with E-state index < -0.39 is 0 Å². The number of nitrogens with one attached hydrogen (secondary N) is 1. The number of thiophene rings is 1. The van der Waals surface area contributed by atoms with Crippen molar-refractivity contribution in [3.05, 3.63) is 45.9 Å². The van der Waals surface area contributed by atoms with Gasteiger partial charge in [-0.15, -0.1) is 21.5 Å². The lowest BCUT2D eigenvalue weighted by Gasteiger charge is -2.26. The predicted molar refractivity (Wildman–Crippen MR) is 111 cm³/mol. The van der Waals surface area contributed by atoms with Crippen molar-refractivity contribution in [2.45, 2.75) is 51.9 Å². The van der Waals surface area contributed by atoms with Gasteiger partial charge in [-0.05, 0) is 51.0 Å². The van der Waals surface area contributed by atoms with Gasteiger partial charge in [0.05, 0.1) is 17.5 Å². The summed E-state index contributed by atoms with van der Waals surface area (Å²) in [5, 5.41) is 13.4. The van der Waals surface area contributed by atoms with Crippen LogP contribution in [-0.2, 0) is 6.42 Å². The fraction of sp³-hybridized carbons (Fsp3) is 0.476. The molecule has 0 aromatic carbocycles. The molecule has 1 amide bonds. The summed E-state index contributed by atoms with van der Waals surface area (Å²) in [7, 11) is 0. The van der Waals surface area contributed by atoms with Crippen molar-refractivity contribution in [2.24, 2.45) is 5.92 Å². The minimum Gasteiger partial charge on any atom is -0.419 e. The zero-order valence-electron chi connectivity index (χ0n) is 16.7. The third-order valence-corrected chi connectivity index (χ3v) is 6.53. The molecule has 3 heterocycles. The minimum absolute atomic E-state index is 0.0313. The number of carbonyl (C=O) groups excluding carboxylic acids is 1. The Kier molecular flexibility index (Phi) is 5.99. The average molecular weight is 412 g/mol. The number of hydrogen-bond donors (Lipinski definition) is 1. The second kappa shape index (κ2) is 8.82. The molecule has 7 nitrogen and oxygen atoms in total. The Morgan fingerprint density at radius 3 is 2.72 bits per heavy atom. The summed E-state index contributed by atoms with van der Waals surface area (Å²) in [6, 6.07) is 1.99. The number of nitrogens with zero attached hydrogens (tertiary/aromatic N) is 4. The van der Waals surface area contributed by atoms with Gasteiger partial charge in [-0.1, -0.05) is 6.92 Å². The van der Waals surface area contributed by atoms with Crippen LogP contribution in [0.3, 0.4) is 0 Å². The Hall–Kier alpha value is -2.61.